The molecule has 0 nitrogen and oxygen atoms in total. The van der Waals surface area contributed by atoms with Crippen LogP contribution < -0.4 is 28.4 Å². The van der Waals surface area contributed by atoms with Gasteiger partial charge in [0.25, 0.3) is 6.69 Å². The highest BCUT2D eigenvalue weighted by molar-refractivity contribution is 9.11. The van der Waals surface area contributed by atoms with Crippen molar-refractivity contribution >= 4 is 181 Å². The normalized spacial score (nSPS) is 13.3. The molecule has 0 unspecified atom stereocenters. The Labute approximate surface area is 468 Å². The summed E-state index contributed by atoms with van der Waals surface area (Å²) in [6.45, 7) is 21.3. The lowest BCUT2D eigenvalue weighted by Crippen LogP contribution is -2.63. The van der Waals surface area contributed by atoms with E-state index in [4.69, 9.17) is 22.2 Å². The highest BCUT2D eigenvalue weighted by atomic mass is 79.9. The van der Waals surface area contributed by atoms with E-state index in [-0.39, 0.29) is 0 Å². The molecule has 14 heteroatoms. The Bertz CT molecular complexity index is 2290. The van der Waals surface area contributed by atoms with E-state index in [0.717, 1.165) is 6.04 Å². The monoisotopic (exact) mass is 1260 g/mol. The number of fused-ring (bicyclic) bond motifs is 3. The third-order valence-electron chi connectivity index (χ3n) is 12.9. The zero-order valence-corrected chi connectivity index (χ0v) is 56.5. The van der Waals surface area contributed by atoms with Crippen LogP contribution in [0.15, 0.2) is 68.2 Å². The van der Waals surface area contributed by atoms with Crippen molar-refractivity contribution in [3.8, 4) is 19.5 Å². The second kappa shape index (κ2) is 28.5. The van der Waals surface area contributed by atoms with Crippen molar-refractivity contribution in [2.24, 2.45) is 0 Å². The minimum absolute atomic E-state index is 1.01. The first-order valence-electron chi connectivity index (χ1n) is 25.7. The zero-order chi connectivity index (χ0) is 49.5. The maximum absolute atomic E-state index is 6.66. The molecule has 0 spiro atoms. The van der Waals surface area contributed by atoms with E-state index in [1.54, 1.807) is 38.5 Å². The van der Waals surface area contributed by atoms with Crippen molar-refractivity contribution in [2.45, 2.75) is 195 Å². The lowest BCUT2D eigenvalue weighted by Gasteiger charge is -2.27. The first kappa shape index (κ1) is 59.5. The summed E-state index contributed by atoms with van der Waals surface area (Å²) in [6.07, 6.45) is 23.7. The van der Waals surface area contributed by atoms with E-state index < -0.39 is 30.9 Å². The predicted octanol–water partition coefficient (Wildman–Crippen LogP) is 19.7. The molecule has 1 aliphatic rings. The molecule has 6 aromatic rings. The topological polar surface area (TPSA) is 0 Å². The van der Waals surface area contributed by atoms with Gasteiger partial charge in [-0.15, -0.1) is 90.2 Å². The number of rotatable bonds is 25. The van der Waals surface area contributed by atoms with Crippen LogP contribution in [0, 0.1) is 0 Å². The number of hydrogen-bond acceptors (Lipinski definition) is 6. The van der Waals surface area contributed by atoms with Gasteiger partial charge >= 0.3 is 0 Å². The van der Waals surface area contributed by atoms with Crippen molar-refractivity contribution in [3.05, 3.63) is 78.0 Å². The van der Waals surface area contributed by atoms with Crippen LogP contribution in [0.1, 0.15) is 140 Å². The minimum atomic E-state index is -2.20. The average molecular weight is 1260 g/mol. The molecule has 7 rings (SSSR count). The van der Waals surface area contributed by atoms with E-state index in [1.165, 1.54) is 150 Å². The van der Waals surface area contributed by atoms with Crippen molar-refractivity contribution in [2.75, 3.05) is 0 Å². The van der Waals surface area contributed by atoms with Crippen LogP contribution in [-0.4, -0.2) is 30.9 Å². The lowest BCUT2D eigenvalue weighted by atomic mass is 10.1. The summed E-state index contributed by atoms with van der Waals surface area (Å²) in [5, 5.41) is 8.16. The van der Waals surface area contributed by atoms with E-state index in [0.29, 0.717) is 0 Å². The Morgan fingerprint density at radius 2 is 0.912 bits per heavy atom. The molecule has 6 aromatic heterocycles. The van der Waals surface area contributed by atoms with Gasteiger partial charge in [0.15, 0.2) is 8.07 Å². The summed E-state index contributed by atoms with van der Waals surface area (Å²) >= 11 is 32.8. The molecule has 0 aliphatic carbocycles. The smallest absolute Gasteiger partial charge is 0.149 e. The number of unbranched alkanes of at least 4 members (excludes halogenated alkanes) is 12. The van der Waals surface area contributed by atoms with E-state index in [2.05, 4.69) is 169 Å². The Morgan fingerprint density at radius 1 is 0.471 bits per heavy atom. The summed E-state index contributed by atoms with van der Waals surface area (Å²) in [4.78, 5) is 9.04. The second-order valence-electron chi connectivity index (χ2n) is 20.8. The van der Waals surface area contributed by atoms with Gasteiger partial charge in [-0.05, 0) is 130 Å². The Morgan fingerprint density at radius 3 is 1.38 bits per heavy atom. The largest absolute Gasteiger partial charge is 0.290 e. The van der Waals surface area contributed by atoms with Crippen LogP contribution in [0.25, 0.3) is 19.5 Å². The molecule has 1 aliphatic heterocycles. The highest BCUT2D eigenvalue weighted by Crippen LogP contribution is 2.42. The van der Waals surface area contributed by atoms with Crippen molar-refractivity contribution in [3.63, 3.8) is 0 Å². The fraction of sp³-hybridized carbons (Fsp3) is 0.556. The van der Waals surface area contributed by atoms with E-state index >= 15 is 0 Å². The van der Waals surface area contributed by atoms with Gasteiger partial charge in [0.05, 0.1) is 25.9 Å². The van der Waals surface area contributed by atoms with Crippen molar-refractivity contribution < 1.29 is 0 Å². The number of halogens is 4. The summed E-state index contributed by atoms with van der Waals surface area (Å²) in [5.74, 6) is 0. The molecule has 0 amide bonds. The van der Waals surface area contributed by atoms with Gasteiger partial charge in [0.1, 0.15) is 0 Å². The molecule has 0 aromatic carbocycles. The van der Waals surface area contributed by atoms with Crippen molar-refractivity contribution in [1.29, 1.82) is 0 Å². The van der Waals surface area contributed by atoms with Gasteiger partial charge in [-0.1, -0.05) is 175 Å². The Hall–Kier alpha value is 0.608. The molecule has 0 bridgehead atoms. The van der Waals surface area contributed by atoms with Crippen LogP contribution in [0.3, 0.4) is 0 Å². The molecule has 68 heavy (non-hydrogen) atoms. The molecule has 376 valence electrons. The van der Waals surface area contributed by atoms with E-state index in [9.17, 15) is 0 Å². The zero-order valence-electron chi connectivity index (χ0n) is 42.9. The molecule has 0 radical (unpaired) electrons. The van der Waals surface area contributed by atoms with Crippen LogP contribution in [0.4, 0.5) is 0 Å². The number of hydrogen-bond donors (Lipinski definition) is 0. The van der Waals surface area contributed by atoms with Gasteiger partial charge in [0.2, 0.25) is 0 Å². The maximum atomic E-state index is 6.66. The molecule has 0 atom stereocenters. The van der Waals surface area contributed by atoms with Gasteiger partial charge in [-0.25, -0.2) is 0 Å². The van der Waals surface area contributed by atoms with Gasteiger partial charge in [-0.3, -0.25) is 0 Å². The third-order valence-corrected chi connectivity index (χ3v) is 40.9. The third kappa shape index (κ3) is 16.3. The van der Waals surface area contributed by atoms with Crippen LogP contribution in [-0.2, 0) is 12.8 Å². The van der Waals surface area contributed by atoms with Gasteiger partial charge < -0.3 is 0 Å². The Kier molecular flexibility index (Phi) is 24.9. The quantitative estimate of drug-likeness (QED) is 0.0304. The fourth-order valence-electron chi connectivity index (χ4n) is 8.81. The molecule has 0 N–H and O–H groups in total. The van der Waals surface area contributed by atoms with Crippen LogP contribution in [0.5, 0.6) is 0 Å². The summed E-state index contributed by atoms with van der Waals surface area (Å²) in [5.41, 5.74) is 0. The molecule has 0 saturated carbocycles. The maximum Gasteiger partial charge on any atom is 0.290 e. The molecule has 0 fully saturated rings. The van der Waals surface area contributed by atoms with E-state index in [1.807, 2.05) is 56.7 Å². The lowest BCUT2D eigenvalue weighted by molar-refractivity contribution is 0.623. The van der Waals surface area contributed by atoms with Crippen molar-refractivity contribution in [1.82, 2.24) is 0 Å². The standard InChI is InChI=1S/C24H32S3Si.C16H28Cl2SSi.C14H20Br2S2Si2/c1-3-5-7-8-9-10-18-28(22-13-12-19(27-22)11-6-4-2)20-14-16-25-23(20)24-21(28)15-17-26-24;1-3-5-7-8-9-10-14-20(17,18)16-13-12-15(19-16)11-6-4-2;1-19(2,3)11-7-9(15)13(17-11)14-10(16)8-12(18-14)20(4,5)6/h12-17H,3-11,18H2,1-2H3;12-13H,3-11,14H2,1-2H3;7-8H,1-6H3. The second-order valence-corrected chi connectivity index (χ2v) is 51.1. The minimum Gasteiger partial charge on any atom is -0.149 e. The Balaban J connectivity index is 0.000000195. The molecular weight excluding hydrogens is 1180 g/mol. The summed E-state index contributed by atoms with van der Waals surface area (Å²) in [7, 11) is -4.27. The average Bonchev–Trinajstić information content (AvgIpc) is 4.15. The van der Waals surface area contributed by atoms with Crippen LogP contribution >= 0.6 is 122 Å². The molecule has 7 heterocycles. The molecular formula is C54H80Br2Cl2S6Si4. The number of thiophene rings is 6. The first-order valence-corrected chi connectivity index (χ1v) is 45.8. The SMILES string of the molecule is CCCCCCCC[Si](Cl)(Cl)c1ccc(CCCC)s1.CCCCCCCC[Si]1(c2ccc(CCCC)s2)c2ccsc2-c2sccc21.C[Si](C)(C)c1cc(Br)c(-c2sc([Si](C)(C)C)cc2Br)s1. The fourth-order valence-corrected chi connectivity index (χ4v) is 33.3. The highest BCUT2D eigenvalue weighted by Gasteiger charge is 2.49. The summed E-state index contributed by atoms with van der Waals surface area (Å²) < 4.78 is 8.63. The van der Waals surface area contributed by atoms with Gasteiger partial charge in [0, 0.05) is 37.5 Å². The van der Waals surface area contributed by atoms with Crippen LogP contribution in [0.2, 0.25) is 51.4 Å². The van der Waals surface area contributed by atoms with Gasteiger partial charge in [-0.2, -0.15) is 0 Å². The predicted molar refractivity (Wildman–Crippen MR) is 341 cm³/mol. The number of aryl methyl sites for hydroxylation is 2. The first-order chi connectivity index (χ1) is 32.4. The molecule has 0 saturated heterocycles. The summed E-state index contributed by atoms with van der Waals surface area (Å²) in [6, 6.07) is 21.4.